The maximum atomic E-state index is 13.1. The number of carbonyl (C=O) groups is 1. The number of carboxylic acid groups (broad SMARTS) is 1. The van der Waals surface area contributed by atoms with E-state index in [4.69, 9.17) is 9.84 Å². The number of benzene rings is 1. The molecule has 1 aliphatic carbocycles. The van der Waals surface area contributed by atoms with Crippen LogP contribution in [0.3, 0.4) is 0 Å². The van der Waals surface area contributed by atoms with E-state index >= 15 is 0 Å². The van der Waals surface area contributed by atoms with Crippen LogP contribution in [0, 0.1) is 0 Å². The van der Waals surface area contributed by atoms with Crippen molar-refractivity contribution in [3.63, 3.8) is 0 Å². The Hall–Kier alpha value is -1.65. The summed E-state index contributed by atoms with van der Waals surface area (Å²) in [4.78, 5) is 9.58. The van der Waals surface area contributed by atoms with E-state index in [9.17, 15) is 26.4 Å². The van der Waals surface area contributed by atoms with E-state index in [0.717, 1.165) is 22.5 Å². The van der Waals surface area contributed by atoms with Gasteiger partial charge in [-0.15, -0.1) is 0 Å². The molecule has 0 atom stereocenters. The first-order chi connectivity index (χ1) is 11.1. The summed E-state index contributed by atoms with van der Waals surface area (Å²) in [6.45, 7) is -1.01. The minimum atomic E-state index is -4.79. The first-order valence-corrected chi connectivity index (χ1v) is 8.55. The molecular formula is C14H16F3NO5S. The second-order valence-corrected chi connectivity index (χ2v) is 7.15. The number of sulfonamides is 1. The van der Waals surface area contributed by atoms with E-state index in [-0.39, 0.29) is 19.2 Å². The normalized spacial score (nSPS) is 15.7. The van der Waals surface area contributed by atoms with Crippen molar-refractivity contribution in [1.82, 2.24) is 4.31 Å². The van der Waals surface area contributed by atoms with E-state index in [1.165, 1.54) is 6.07 Å². The van der Waals surface area contributed by atoms with Gasteiger partial charge in [0.05, 0.1) is 17.1 Å². The van der Waals surface area contributed by atoms with Crippen LogP contribution < -0.4 is 0 Å². The molecule has 0 radical (unpaired) electrons. The Labute approximate surface area is 136 Å². The SMILES string of the molecule is O=C(O)COCCN(C1CC1)S(=O)(=O)c1ccccc1C(F)(F)F. The van der Waals surface area contributed by atoms with Gasteiger partial charge >= 0.3 is 12.1 Å². The Kier molecular flexibility index (Phi) is 5.51. The summed E-state index contributed by atoms with van der Waals surface area (Å²) in [7, 11) is -4.37. The highest BCUT2D eigenvalue weighted by Gasteiger charge is 2.43. The molecule has 134 valence electrons. The first kappa shape index (κ1) is 18.7. The van der Waals surface area contributed by atoms with Crippen molar-refractivity contribution in [3.05, 3.63) is 29.8 Å². The molecule has 1 fully saturated rings. The lowest BCUT2D eigenvalue weighted by molar-refractivity contribution is -0.142. The van der Waals surface area contributed by atoms with Crippen LogP contribution in [0.5, 0.6) is 0 Å². The average Bonchev–Trinajstić information content (AvgIpc) is 3.30. The summed E-state index contributed by atoms with van der Waals surface area (Å²) in [5.74, 6) is -1.21. The quantitative estimate of drug-likeness (QED) is 0.710. The van der Waals surface area contributed by atoms with Crippen LogP contribution in [0.2, 0.25) is 0 Å². The van der Waals surface area contributed by atoms with Crippen LogP contribution >= 0.6 is 0 Å². The molecule has 1 aliphatic rings. The number of carboxylic acids is 1. The van der Waals surface area contributed by atoms with Crippen LogP contribution in [0.1, 0.15) is 18.4 Å². The van der Waals surface area contributed by atoms with Crippen LogP contribution in [0.15, 0.2) is 29.2 Å². The number of halogens is 3. The summed E-state index contributed by atoms with van der Waals surface area (Å²) >= 11 is 0. The molecule has 0 spiro atoms. The lowest BCUT2D eigenvalue weighted by Crippen LogP contribution is -2.37. The smallest absolute Gasteiger partial charge is 0.417 e. The molecule has 0 aromatic heterocycles. The lowest BCUT2D eigenvalue weighted by Gasteiger charge is -2.23. The number of ether oxygens (including phenoxy) is 1. The molecule has 0 heterocycles. The van der Waals surface area contributed by atoms with Crippen LogP contribution in [-0.4, -0.2) is 49.6 Å². The molecular weight excluding hydrogens is 351 g/mol. The molecule has 0 unspecified atom stereocenters. The standard InChI is InChI=1S/C14H16F3NO5S/c15-14(16,17)11-3-1-2-4-12(11)24(21,22)18(10-5-6-10)7-8-23-9-13(19)20/h1-4,10H,5-9H2,(H,19,20). The van der Waals surface area contributed by atoms with Gasteiger partial charge in [-0.2, -0.15) is 17.5 Å². The largest absolute Gasteiger partial charge is 0.480 e. The van der Waals surface area contributed by atoms with Gasteiger partial charge in [0.25, 0.3) is 0 Å². The number of aliphatic carboxylic acids is 1. The number of nitrogens with zero attached hydrogens (tertiary/aromatic N) is 1. The fourth-order valence-corrected chi connectivity index (χ4v) is 4.11. The average molecular weight is 367 g/mol. The van der Waals surface area contributed by atoms with Gasteiger partial charge in [-0.05, 0) is 25.0 Å². The summed E-state index contributed by atoms with van der Waals surface area (Å²) in [5, 5.41) is 8.48. The molecule has 0 amide bonds. The first-order valence-electron chi connectivity index (χ1n) is 7.11. The van der Waals surface area contributed by atoms with Crippen molar-refractivity contribution >= 4 is 16.0 Å². The lowest BCUT2D eigenvalue weighted by atomic mass is 10.2. The Balaban J connectivity index is 2.25. The molecule has 24 heavy (non-hydrogen) atoms. The summed E-state index contributed by atoms with van der Waals surface area (Å²) < 4.78 is 70.3. The molecule has 1 aromatic rings. The zero-order valence-corrected chi connectivity index (χ0v) is 13.3. The van der Waals surface area contributed by atoms with Crippen molar-refractivity contribution in [2.75, 3.05) is 19.8 Å². The third-order valence-electron chi connectivity index (χ3n) is 3.41. The molecule has 0 saturated heterocycles. The van der Waals surface area contributed by atoms with Gasteiger partial charge in [0.15, 0.2) is 0 Å². The molecule has 0 bridgehead atoms. The fourth-order valence-electron chi connectivity index (χ4n) is 2.23. The van der Waals surface area contributed by atoms with Gasteiger partial charge in [-0.25, -0.2) is 13.2 Å². The predicted octanol–water partition coefficient (Wildman–Crippen LogP) is 1.96. The van der Waals surface area contributed by atoms with E-state index < -0.39 is 39.2 Å². The van der Waals surface area contributed by atoms with Crippen LogP contribution in [0.4, 0.5) is 13.2 Å². The zero-order chi connectivity index (χ0) is 18.0. The topological polar surface area (TPSA) is 83.9 Å². The third-order valence-corrected chi connectivity index (χ3v) is 5.42. The summed E-state index contributed by atoms with van der Waals surface area (Å²) in [6, 6.07) is 3.61. The molecule has 1 N–H and O–H groups in total. The Morgan fingerprint density at radius 3 is 2.46 bits per heavy atom. The van der Waals surface area contributed by atoms with Gasteiger partial charge in [-0.3, -0.25) is 0 Å². The van der Waals surface area contributed by atoms with Gasteiger partial charge in [0.2, 0.25) is 10.0 Å². The van der Waals surface area contributed by atoms with Crippen LogP contribution in [0.25, 0.3) is 0 Å². The fraction of sp³-hybridized carbons (Fsp3) is 0.500. The van der Waals surface area contributed by atoms with Gasteiger partial charge in [0, 0.05) is 12.6 Å². The second kappa shape index (κ2) is 7.08. The third kappa shape index (κ3) is 4.46. The van der Waals surface area contributed by atoms with E-state index in [1.54, 1.807) is 0 Å². The molecule has 6 nitrogen and oxygen atoms in total. The summed E-state index contributed by atoms with van der Waals surface area (Å²) in [6.07, 6.45) is -3.70. The van der Waals surface area contributed by atoms with Gasteiger partial charge < -0.3 is 9.84 Å². The minimum Gasteiger partial charge on any atom is -0.480 e. The van der Waals surface area contributed by atoms with Crippen molar-refractivity contribution in [1.29, 1.82) is 0 Å². The molecule has 10 heteroatoms. The molecule has 2 rings (SSSR count). The maximum Gasteiger partial charge on any atom is 0.417 e. The van der Waals surface area contributed by atoms with E-state index in [0.29, 0.717) is 12.8 Å². The zero-order valence-electron chi connectivity index (χ0n) is 12.5. The van der Waals surface area contributed by atoms with E-state index in [1.807, 2.05) is 0 Å². The number of rotatable bonds is 8. The Bertz CT molecular complexity index is 701. The Morgan fingerprint density at radius 1 is 1.29 bits per heavy atom. The second-order valence-electron chi connectivity index (χ2n) is 5.29. The van der Waals surface area contributed by atoms with Crippen molar-refractivity contribution < 1.29 is 36.2 Å². The molecule has 0 aliphatic heterocycles. The van der Waals surface area contributed by atoms with Crippen LogP contribution in [-0.2, 0) is 25.7 Å². The summed E-state index contributed by atoms with van der Waals surface area (Å²) in [5.41, 5.74) is -1.22. The van der Waals surface area contributed by atoms with Crippen molar-refractivity contribution in [3.8, 4) is 0 Å². The minimum absolute atomic E-state index is 0.202. The number of hydrogen-bond acceptors (Lipinski definition) is 4. The number of hydrogen-bond donors (Lipinski definition) is 1. The monoisotopic (exact) mass is 367 g/mol. The van der Waals surface area contributed by atoms with E-state index in [2.05, 4.69) is 0 Å². The van der Waals surface area contributed by atoms with Crippen molar-refractivity contribution in [2.45, 2.75) is 30.0 Å². The van der Waals surface area contributed by atoms with Gasteiger partial charge in [-0.1, -0.05) is 12.1 Å². The highest BCUT2D eigenvalue weighted by atomic mass is 32.2. The predicted molar refractivity (Wildman–Crippen MR) is 76.8 cm³/mol. The Morgan fingerprint density at radius 2 is 1.92 bits per heavy atom. The van der Waals surface area contributed by atoms with Gasteiger partial charge in [0.1, 0.15) is 6.61 Å². The maximum absolute atomic E-state index is 13.1. The van der Waals surface area contributed by atoms with Crippen molar-refractivity contribution in [2.24, 2.45) is 0 Å². The highest BCUT2D eigenvalue weighted by Crippen LogP contribution is 2.38. The molecule has 1 saturated carbocycles. The number of alkyl halides is 3. The molecule has 1 aromatic carbocycles. The highest BCUT2D eigenvalue weighted by molar-refractivity contribution is 7.89.